The van der Waals surface area contributed by atoms with Crippen LogP contribution in [0.15, 0.2) is 34.9 Å². The molecule has 150 valence electrons. The Hall–Kier alpha value is -2.84. The first-order valence-corrected chi connectivity index (χ1v) is 10.3. The minimum atomic E-state index is -0.971. The van der Waals surface area contributed by atoms with E-state index in [4.69, 9.17) is 0 Å². The molecule has 1 fully saturated rings. The fourth-order valence-electron chi connectivity index (χ4n) is 3.37. The monoisotopic (exact) mass is 412 g/mol. The summed E-state index contributed by atoms with van der Waals surface area (Å²) in [6, 6.07) is 10.5. The van der Waals surface area contributed by atoms with Gasteiger partial charge < -0.3 is 10.2 Å². The number of allylic oxidation sites excluding steroid dienone is 1. The Bertz CT molecular complexity index is 956. The maximum Gasteiger partial charge on any atom is 0.243 e. The number of carbonyl (C=O) groups is 2. The number of halogens is 1. The van der Waals surface area contributed by atoms with Gasteiger partial charge in [-0.25, -0.2) is 4.39 Å². The highest BCUT2D eigenvalue weighted by molar-refractivity contribution is 8.03. The molecule has 2 aliphatic rings. The summed E-state index contributed by atoms with van der Waals surface area (Å²) >= 11 is 1.08. The molecule has 0 bridgehead atoms. The van der Waals surface area contributed by atoms with E-state index in [-0.39, 0.29) is 35.6 Å². The zero-order chi connectivity index (χ0) is 21.2. The predicted molar refractivity (Wildman–Crippen MR) is 106 cm³/mol. The standard InChI is InChI=1S/C21H21FN4O2S/c1-21(2)15(9-23)19(28)25-20(16(21)10-24)29-12-18(27)26(14-7-8-14)11-13-5-3-4-6-17(13)22/h3-6,14-15H,7-8,11-12H2,1-2H3,(H,25,28)/t15-/m1/s1. The van der Waals surface area contributed by atoms with E-state index in [1.54, 1.807) is 36.9 Å². The molecule has 1 aliphatic heterocycles. The third-order valence-corrected chi connectivity index (χ3v) is 6.27. The lowest BCUT2D eigenvalue weighted by atomic mass is 9.72. The van der Waals surface area contributed by atoms with Crippen LogP contribution in [0, 0.1) is 39.8 Å². The molecule has 29 heavy (non-hydrogen) atoms. The fourth-order valence-corrected chi connectivity index (χ4v) is 4.43. The van der Waals surface area contributed by atoms with Gasteiger partial charge >= 0.3 is 0 Å². The van der Waals surface area contributed by atoms with Crippen molar-refractivity contribution in [3.05, 3.63) is 46.2 Å². The molecule has 1 heterocycles. The highest BCUT2D eigenvalue weighted by Crippen LogP contribution is 2.42. The van der Waals surface area contributed by atoms with Crippen LogP contribution in [0.4, 0.5) is 4.39 Å². The average molecular weight is 412 g/mol. The quantitative estimate of drug-likeness (QED) is 0.774. The van der Waals surface area contributed by atoms with Crippen molar-refractivity contribution in [2.24, 2.45) is 11.3 Å². The topological polar surface area (TPSA) is 97.0 Å². The van der Waals surface area contributed by atoms with E-state index in [0.29, 0.717) is 10.6 Å². The van der Waals surface area contributed by atoms with Crippen LogP contribution in [0.2, 0.25) is 0 Å². The van der Waals surface area contributed by atoms with Gasteiger partial charge in [-0.1, -0.05) is 43.8 Å². The molecule has 0 spiro atoms. The summed E-state index contributed by atoms with van der Waals surface area (Å²) in [4.78, 5) is 26.8. The third kappa shape index (κ3) is 4.28. The Balaban J connectivity index is 1.75. The number of nitriles is 2. The van der Waals surface area contributed by atoms with Crippen LogP contribution in [0.5, 0.6) is 0 Å². The van der Waals surface area contributed by atoms with Crippen LogP contribution < -0.4 is 5.32 Å². The minimum Gasteiger partial charge on any atom is -0.335 e. The summed E-state index contributed by atoms with van der Waals surface area (Å²) in [6.07, 6.45) is 1.76. The van der Waals surface area contributed by atoms with E-state index in [1.807, 2.05) is 6.07 Å². The summed E-state index contributed by atoms with van der Waals surface area (Å²) in [7, 11) is 0. The number of hydrogen-bond acceptors (Lipinski definition) is 5. The van der Waals surface area contributed by atoms with Crippen molar-refractivity contribution in [2.75, 3.05) is 5.75 Å². The van der Waals surface area contributed by atoms with Gasteiger partial charge in [-0.05, 0) is 18.9 Å². The number of nitrogens with zero attached hydrogens (tertiary/aromatic N) is 3. The average Bonchev–Trinajstić information content (AvgIpc) is 3.50. The van der Waals surface area contributed by atoms with E-state index in [9.17, 15) is 24.5 Å². The number of hydrogen-bond donors (Lipinski definition) is 1. The number of nitrogens with one attached hydrogen (secondary N) is 1. The van der Waals surface area contributed by atoms with Crippen molar-refractivity contribution >= 4 is 23.6 Å². The first-order valence-electron chi connectivity index (χ1n) is 9.30. The first-order chi connectivity index (χ1) is 13.8. The second kappa shape index (κ2) is 8.26. The summed E-state index contributed by atoms with van der Waals surface area (Å²) in [5.74, 6) is -1.96. The SMILES string of the molecule is CC1(C)C(C#N)=C(SCC(=O)N(Cc2ccccc2F)C2CC2)NC(=O)[C@H]1C#N. The second-order valence-corrected chi connectivity index (χ2v) is 8.71. The van der Waals surface area contributed by atoms with Gasteiger partial charge in [0.05, 0.1) is 28.5 Å². The number of rotatable bonds is 6. The lowest BCUT2D eigenvalue weighted by Gasteiger charge is -2.34. The third-order valence-electron chi connectivity index (χ3n) is 5.28. The van der Waals surface area contributed by atoms with E-state index in [2.05, 4.69) is 11.4 Å². The van der Waals surface area contributed by atoms with Crippen molar-refractivity contribution < 1.29 is 14.0 Å². The largest absolute Gasteiger partial charge is 0.335 e. The normalized spacial score (nSPS) is 20.4. The van der Waals surface area contributed by atoms with Crippen molar-refractivity contribution in [2.45, 2.75) is 39.3 Å². The van der Waals surface area contributed by atoms with Crippen LogP contribution in [0.3, 0.4) is 0 Å². The smallest absolute Gasteiger partial charge is 0.243 e. The molecular weight excluding hydrogens is 391 g/mol. The van der Waals surface area contributed by atoms with Crippen LogP contribution in [0.1, 0.15) is 32.3 Å². The van der Waals surface area contributed by atoms with Crippen LogP contribution in [-0.4, -0.2) is 28.5 Å². The van der Waals surface area contributed by atoms with Crippen molar-refractivity contribution in [1.82, 2.24) is 10.2 Å². The zero-order valence-electron chi connectivity index (χ0n) is 16.2. The van der Waals surface area contributed by atoms with E-state index in [1.165, 1.54) is 6.07 Å². The maximum atomic E-state index is 14.0. The van der Waals surface area contributed by atoms with Crippen LogP contribution in [-0.2, 0) is 16.1 Å². The number of amides is 2. The molecule has 1 saturated carbocycles. The Kier molecular flexibility index (Phi) is 5.95. The Labute approximate surface area is 173 Å². The summed E-state index contributed by atoms with van der Waals surface area (Å²) in [5.41, 5.74) is -0.201. The number of carbonyl (C=O) groups excluding carboxylic acids is 2. The van der Waals surface area contributed by atoms with E-state index in [0.717, 1.165) is 24.6 Å². The van der Waals surface area contributed by atoms with Gasteiger partial charge in [0.1, 0.15) is 11.7 Å². The van der Waals surface area contributed by atoms with E-state index < -0.39 is 17.2 Å². The lowest BCUT2D eigenvalue weighted by molar-refractivity contribution is -0.129. The Morgan fingerprint density at radius 3 is 2.62 bits per heavy atom. The molecular formula is C21H21FN4O2S. The summed E-state index contributed by atoms with van der Waals surface area (Å²) in [6.45, 7) is 3.54. The molecule has 3 rings (SSSR count). The van der Waals surface area contributed by atoms with Gasteiger partial charge in [0.25, 0.3) is 0 Å². The molecule has 1 N–H and O–H groups in total. The molecule has 0 radical (unpaired) electrons. The minimum absolute atomic E-state index is 0.0129. The molecule has 2 amide bonds. The summed E-state index contributed by atoms with van der Waals surface area (Å²) in [5, 5.41) is 21.8. The van der Waals surface area contributed by atoms with Crippen LogP contribution in [0.25, 0.3) is 0 Å². The Morgan fingerprint density at radius 2 is 2.03 bits per heavy atom. The molecule has 0 aromatic heterocycles. The zero-order valence-corrected chi connectivity index (χ0v) is 17.1. The van der Waals surface area contributed by atoms with E-state index >= 15 is 0 Å². The van der Waals surface area contributed by atoms with Crippen molar-refractivity contribution in [3.8, 4) is 12.1 Å². The maximum absolute atomic E-state index is 14.0. The lowest BCUT2D eigenvalue weighted by Crippen LogP contribution is -2.44. The molecule has 1 aromatic carbocycles. The van der Waals surface area contributed by atoms with Gasteiger partial charge in [-0.3, -0.25) is 9.59 Å². The van der Waals surface area contributed by atoms with Gasteiger partial charge in [0, 0.05) is 23.6 Å². The van der Waals surface area contributed by atoms with Crippen LogP contribution >= 0.6 is 11.8 Å². The summed E-state index contributed by atoms with van der Waals surface area (Å²) < 4.78 is 14.0. The van der Waals surface area contributed by atoms with Gasteiger partial charge in [0.15, 0.2) is 0 Å². The number of thioether (sulfide) groups is 1. The van der Waals surface area contributed by atoms with Gasteiger partial charge in [-0.15, -0.1) is 0 Å². The second-order valence-electron chi connectivity index (χ2n) is 7.72. The fraction of sp³-hybridized carbons (Fsp3) is 0.429. The first kappa shape index (κ1) is 20.9. The predicted octanol–water partition coefficient (Wildman–Crippen LogP) is 3.08. The number of benzene rings is 1. The highest BCUT2D eigenvalue weighted by atomic mass is 32.2. The van der Waals surface area contributed by atoms with Crippen molar-refractivity contribution in [1.29, 1.82) is 10.5 Å². The molecule has 8 heteroatoms. The molecule has 0 unspecified atom stereocenters. The molecule has 6 nitrogen and oxygen atoms in total. The van der Waals surface area contributed by atoms with Gasteiger partial charge in [-0.2, -0.15) is 10.5 Å². The van der Waals surface area contributed by atoms with Crippen molar-refractivity contribution in [3.63, 3.8) is 0 Å². The molecule has 0 saturated heterocycles. The highest BCUT2D eigenvalue weighted by Gasteiger charge is 2.45. The Morgan fingerprint density at radius 1 is 1.34 bits per heavy atom. The van der Waals surface area contributed by atoms with Gasteiger partial charge in [0.2, 0.25) is 11.8 Å². The molecule has 1 atom stereocenters. The molecule has 1 aliphatic carbocycles. The molecule has 1 aromatic rings.